The van der Waals surface area contributed by atoms with Crippen LogP contribution in [0.2, 0.25) is 0 Å². The summed E-state index contributed by atoms with van der Waals surface area (Å²) in [6.07, 6.45) is 3.68. The molecule has 0 unspecified atom stereocenters. The van der Waals surface area contributed by atoms with E-state index in [1.165, 1.54) is 6.33 Å². The van der Waals surface area contributed by atoms with E-state index in [0.717, 1.165) is 17.1 Å². The van der Waals surface area contributed by atoms with Gasteiger partial charge in [0.15, 0.2) is 0 Å². The number of hydrogen-bond acceptors (Lipinski definition) is 6. The van der Waals surface area contributed by atoms with Crippen molar-refractivity contribution in [2.24, 2.45) is 7.05 Å². The van der Waals surface area contributed by atoms with Gasteiger partial charge in [-0.25, -0.2) is 13.1 Å². The second kappa shape index (κ2) is 5.38. The first-order valence-corrected chi connectivity index (χ1v) is 6.93. The largest absolute Gasteiger partial charge is 0.480 e. The standard InChI is InChI=1S/C9H12N6O4S/c1-14-6-10-13-8(14)3-12-20(18,19)7-2-11-15(4-7)5-9(16)17/h2,4,6,12H,3,5H2,1H3,(H,16,17). The number of sulfonamides is 1. The van der Waals surface area contributed by atoms with E-state index in [4.69, 9.17) is 5.11 Å². The van der Waals surface area contributed by atoms with Crippen molar-refractivity contribution in [1.82, 2.24) is 29.3 Å². The Morgan fingerprint density at radius 3 is 2.85 bits per heavy atom. The van der Waals surface area contributed by atoms with Gasteiger partial charge in [0, 0.05) is 13.2 Å². The van der Waals surface area contributed by atoms with Crippen molar-refractivity contribution in [3.63, 3.8) is 0 Å². The lowest BCUT2D eigenvalue weighted by Gasteiger charge is -2.03. The first-order valence-electron chi connectivity index (χ1n) is 5.45. The molecule has 2 aromatic rings. The van der Waals surface area contributed by atoms with Gasteiger partial charge in [0.25, 0.3) is 0 Å². The van der Waals surface area contributed by atoms with Crippen molar-refractivity contribution in [1.29, 1.82) is 0 Å². The molecule has 0 aliphatic carbocycles. The number of aliphatic carboxylic acids is 1. The van der Waals surface area contributed by atoms with Crippen LogP contribution in [0.4, 0.5) is 0 Å². The number of nitrogens with one attached hydrogen (secondary N) is 1. The summed E-state index contributed by atoms with van der Waals surface area (Å²) in [4.78, 5) is 10.4. The Balaban J connectivity index is 2.08. The van der Waals surface area contributed by atoms with Crippen molar-refractivity contribution >= 4 is 16.0 Å². The molecule has 10 nitrogen and oxygen atoms in total. The summed E-state index contributed by atoms with van der Waals surface area (Å²) in [5, 5.41) is 19.6. The van der Waals surface area contributed by atoms with E-state index in [-0.39, 0.29) is 11.4 Å². The number of rotatable bonds is 6. The first-order chi connectivity index (χ1) is 9.38. The van der Waals surface area contributed by atoms with E-state index >= 15 is 0 Å². The molecule has 0 saturated heterocycles. The molecule has 11 heteroatoms. The maximum Gasteiger partial charge on any atom is 0.325 e. The maximum atomic E-state index is 12.0. The molecule has 2 aromatic heterocycles. The highest BCUT2D eigenvalue weighted by molar-refractivity contribution is 7.89. The number of carboxylic acid groups (broad SMARTS) is 1. The maximum absolute atomic E-state index is 12.0. The quantitative estimate of drug-likeness (QED) is 0.668. The summed E-state index contributed by atoms with van der Waals surface area (Å²) >= 11 is 0. The lowest BCUT2D eigenvalue weighted by atomic mass is 10.6. The molecule has 20 heavy (non-hydrogen) atoms. The van der Waals surface area contributed by atoms with Crippen LogP contribution >= 0.6 is 0 Å². The molecular formula is C9H12N6O4S. The molecule has 2 N–H and O–H groups in total. The van der Waals surface area contributed by atoms with E-state index in [1.54, 1.807) is 11.6 Å². The fourth-order valence-electron chi connectivity index (χ4n) is 1.42. The van der Waals surface area contributed by atoms with Crippen LogP contribution in [0, 0.1) is 0 Å². The highest BCUT2D eigenvalue weighted by Crippen LogP contribution is 2.07. The van der Waals surface area contributed by atoms with Crippen molar-refractivity contribution in [3.05, 3.63) is 24.5 Å². The van der Waals surface area contributed by atoms with Gasteiger partial charge in [-0.2, -0.15) is 5.10 Å². The Labute approximate surface area is 114 Å². The smallest absolute Gasteiger partial charge is 0.325 e. The molecule has 0 spiro atoms. The summed E-state index contributed by atoms with van der Waals surface area (Å²) < 4.78 is 28.9. The lowest BCUT2D eigenvalue weighted by molar-refractivity contribution is -0.137. The van der Waals surface area contributed by atoms with Crippen LogP contribution in [0.15, 0.2) is 23.6 Å². The molecule has 0 atom stereocenters. The van der Waals surface area contributed by atoms with Gasteiger partial charge in [0.2, 0.25) is 10.0 Å². The summed E-state index contributed by atoms with van der Waals surface area (Å²) in [5.41, 5.74) is 0. The molecule has 0 amide bonds. The minimum Gasteiger partial charge on any atom is -0.480 e. The molecule has 0 aromatic carbocycles. The van der Waals surface area contributed by atoms with Crippen molar-refractivity contribution < 1.29 is 18.3 Å². The molecule has 0 radical (unpaired) electrons. The molecule has 108 valence electrons. The van der Waals surface area contributed by atoms with Crippen LogP contribution < -0.4 is 4.72 Å². The van der Waals surface area contributed by atoms with E-state index in [2.05, 4.69) is 20.0 Å². The number of hydrogen-bond donors (Lipinski definition) is 2. The van der Waals surface area contributed by atoms with Crippen LogP contribution in [-0.2, 0) is 35.0 Å². The third-order valence-corrected chi connectivity index (χ3v) is 3.80. The van der Waals surface area contributed by atoms with Gasteiger partial charge in [0.1, 0.15) is 23.6 Å². The van der Waals surface area contributed by atoms with Gasteiger partial charge < -0.3 is 9.67 Å². The van der Waals surface area contributed by atoms with E-state index in [1.807, 2.05) is 0 Å². The Bertz CT molecular complexity index is 718. The monoisotopic (exact) mass is 300 g/mol. The lowest BCUT2D eigenvalue weighted by Crippen LogP contribution is -2.24. The average molecular weight is 300 g/mol. The number of carboxylic acids is 1. The third kappa shape index (κ3) is 3.19. The second-order valence-electron chi connectivity index (χ2n) is 3.95. The highest BCUT2D eigenvalue weighted by atomic mass is 32.2. The van der Waals surface area contributed by atoms with Gasteiger partial charge in [-0.1, -0.05) is 0 Å². The van der Waals surface area contributed by atoms with Crippen LogP contribution in [0.25, 0.3) is 0 Å². The fourth-order valence-corrected chi connectivity index (χ4v) is 2.35. The molecule has 0 saturated carbocycles. The van der Waals surface area contributed by atoms with Crippen LogP contribution in [-0.4, -0.2) is 44.0 Å². The topological polar surface area (TPSA) is 132 Å². The Morgan fingerprint density at radius 1 is 1.50 bits per heavy atom. The molecule has 0 fully saturated rings. The Hall–Kier alpha value is -2.27. The molecular weight excluding hydrogens is 288 g/mol. The highest BCUT2D eigenvalue weighted by Gasteiger charge is 2.17. The van der Waals surface area contributed by atoms with E-state index < -0.39 is 22.5 Å². The van der Waals surface area contributed by atoms with Crippen LogP contribution in [0.3, 0.4) is 0 Å². The minimum atomic E-state index is -3.78. The summed E-state index contributed by atoms with van der Waals surface area (Å²) in [6.45, 7) is -0.429. The summed E-state index contributed by atoms with van der Waals surface area (Å²) in [5.74, 6) is -0.657. The van der Waals surface area contributed by atoms with Gasteiger partial charge in [-0.3, -0.25) is 9.48 Å². The number of carbonyl (C=O) groups is 1. The fraction of sp³-hybridized carbons (Fsp3) is 0.333. The predicted octanol–water partition coefficient (Wildman–Crippen LogP) is -1.43. The number of aryl methyl sites for hydroxylation is 1. The molecule has 0 aliphatic heterocycles. The SMILES string of the molecule is Cn1cnnc1CNS(=O)(=O)c1cnn(CC(=O)O)c1. The van der Waals surface area contributed by atoms with Crippen molar-refractivity contribution in [3.8, 4) is 0 Å². The van der Waals surface area contributed by atoms with Gasteiger partial charge in [0.05, 0.1) is 12.7 Å². The summed E-state index contributed by atoms with van der Waals surface area (Å²) in [6, 6.07) is 0. The molecule has 2 rings (SSSR count). The average Bonchev–Trinajstić information content (AvgIpc) is 2.95. The minimum absolute atomic E-state index is 0.0249. The van der Waals surface area contributed by atoms with Crippen molar-refractivity contribution in [2.45, 2.75) is 18.0 Å². The van der Waals surface area contributed by atoms with Gasteiger partial charge >= 0.3 is 5.97 Å². The van der Waals surface area contributed by atoms with Crippen molar-refractivity contribution in [2.75, 3.05) is 0 Å². The van der Waals surface area contributed by atoms with Gasteiger partial charge in [-0.15, -0.1) is 10.2 Å². The summed E-state index contributed by atoms with van der Waals surface area (Å²) in [7, 11) is -2.09. The zero-order chi connectivity index (χ0) is 14.8. The molecule has 0 aliphatic rings. The normalized spacial score (nSPS) is 11.7. The number of aromatic nitrogens is 5. The van der Waals surface area contributed by atoms with E-state index in [0.29, 0.717) is 5.82 Å². The molecule has 0 bridgehead atoms. The zero-order valence-corrected chi connectivity index (χ0v) is 11.3. The Kier molecular flexibility index (Phi) is 3.81. The predicted molar refractivity (Wildman–Crippen MR) is 64.9 cm³/mol. The third-order valence-electron chi connectivity index (χ3n) is 2.44. The van der Waals surface area contributed by atoms with Crippen LogP contribution in [0.5, 0.6) is 0 Å². The number of nitrogens with zero attached hydrogens (tertiary/aromatic N) is 5. The van der Waals surface area contributed by atoms with Crippen LogP contribution in [0.1, 0.15) is 5.82 Å². The Morgan fingerprint density at radius 2 is 2.25 bits per heavy atom. The second-order valence-corrected chi connectivity index (χ2v) is 5.72. The van der Waals surface area contributed by atoms with Gasteiger partial charge in [-0.05, 0) is 0 Å². The van der Waals surface area contributed by atoms with E-state index in [9.17, 15) is 13.2 Å². The zero-order valence-electron chi connectivity index (χ0n) is 10.5. The molecule has 2 heterocycles. The first kappa shape index (κ1) is 14.1.